The number of aromatic nitrogens is 4. The molecule has 0 saturated heterocycles. The molecule has 0 aliphatic heterocycles. The highest BCUT2D eigenvalue weighted by Crippen LogP contribution is 1.89. The van der Waals surface area contributed by atoms with Gasteiger partial charge in [0.15, 0.2) is 0 Å². The van der Waals surface area contributed by atoms with Crippen LogP contribution in [0.3, 0.4) is 0 Å². The molecule has 4 nitrogen and oxygen atoms in total. The molecular formula is C10H16N4. The van der Waals surface area contributed by atoms with Crippen LogP contribution >= 0.6 is 0 Å². The summed E-state index contributed by atoms with van der Waals surface area (Å²) in [5.74, 6) is 0. The molecule has 2 heterocycles. The molecule has 4 heteroatoms. The molecule has 0 atom stereocenters. The summed E-state index contributed by atoms with van der Waals surface area (Å²) in [5.41, 5.74) is 2.42. The van der Waals surface area contributed by atoms with Crippen LogP contribution in [0.1, 0.15) is 11.1 Å². The lowest BCUT2D eigenvalue weighted by Gasteiger charge is -1.78. The van der Waals surface area contributed by atoms with Crippen molar-refractivity contribution in [1.29, 1.82) is 0 Å². The molecular weight excluding hydrogens is 176 g/mol. The van der Waals surface area contributed by atoms with E-state index in [0.29, 0.717) is 0 Å². The molecule has 0 N–H and O–H groups in total. The molecule has 2 rings (SSSR count). The van der Waals surface area contributed by atoms with E-state index < -0.39 is 0 Å². The molecule has 0 saturated carbocycles. The van der Waals surface area contributed by atoms with Crippen LogP contribution in [0, 0.1) is 13.8 Å². The normalized spacial score (nSPS) is 9.43. The Labute approximate surface area is 84.2 Å². The summed E-state index contributed by atoms with van der Waals surface area (Å²) in [6, 6.07) is 0. The molecule has 0 spiro atoms. The lowest BCUT2D eigenvalue weighted by atomic mass is 10.4. The minimum absolute atomic E-state index is 1.21. The smallest absolute Gasteiger partial charge is 0.0518 e. The van der Waals surface area contributed by atoms with Crippen molar-refractivity contribution in [2.24, 2.45) is 14.1 Å². The van der Waals surface area contributed by atoms with Gasteiger partial charge in [-0.1, -0.05) is 0 Å². The maximum atomic E-state index is 3.93. The third kappa shape index (κ3) is 3.43. The molecule has 0 aliphatic rings. The highest BCUT2D eigenvalue weighted by atomic mass is 15.2. The zero-order valence-electron chi connectivity index (χ0n) is 9.10. The molecule has 14 heavy (non-hydrogen) atoms. The van der Waals surface area contributed by atoms with E-state index in [-0.39, 0.29) is 0 Å². The highest BCUT2D eigenvalue weighted by molar-refractivity contribution is 4.98. The van der Waals surface area contributed by atoms with Gasteiger partial charge in [0.1, 0.15) is 0 Å². The number of hydrogen-bond acceptors (Lipinski definition) is 2. The van der Waals surface area contributed by atoms with E-state index >= 15 is 0 Å². The van der Waals surface area contributed by atoms with Gasteiger partial charge in [0.05, 0.1) is 12.4 Å². The minimum Gasteiger partial charge on any atom is -0.276 e. The number of nitrogens with zero attached hydrogens (tertiary/aromatic N) is 4. The van der Waals surface area contributed by atoms with Gasteiger partial charge in [-0.15, -0.1) is 0 Å². The Morgan fingerprint density at radius 2 is 1.21 bits per heavy atom. The molecule has 0 amide bonds. The fourth-order valence-corrected chi connectivity index (χ4v) is 1.09. The Balaban J connectivity index is 0.000000140. The summed E-state index contributed by atoms with van der Waals surface area (Å²) in [6.07, 6.45) is 7.61. The van der Waals surface area contributed by atoms with Crippen LogP contribution in [0.2, 0.25) is 0 Å². The third-order valence-corrected chi connectivity index (χ3v) is 1.67. The summed E-state index contributed by atoms with van der Waals surface area (Å²) in [7, 11) is 3.82. The summed E-state index contributed by atoms with van der Waals surface area (Å²) in [6.45, 7) is 4.04. The van der Waals surface area contributed by atoms with Crippen LogP contribution in [-0.2, 0) is 14.1 Å². The van der Waals surface area contributed by atoms with Crippen molar-refractivity contribution in [3.63, 3.8) is 0 Å². The van der Waals surface area contributed by atoms with Gasteiger partial charge in [0.25, 0.3) is 0 Å². The fourth-order valence-electron chi connectivity index (χ4n) is 1.09. The Morgan fingerprint density at radius 3 is 1.29 bits per heavy atom. The first kappa shape index (κ1) is 10.5. The monoisotopic (exact) mass is 192 g/mol. The molecule has 2 aromatic heterocycles. The maximum Gasteiger partial charge on any atom is 0.0518 e. The van der Waals surface area contributed by atoms with Gasteiger partial charge in [-0.3, -0.25) is 9.36 Å². The van der Waals surface area contributed by atoms with Crippen molar-refractivity contribution in [3.8, 4) is 0 Å². The first-order valence-corrected chi connectivity index (χ1v) is 4.48. The van der Waals surface area contributed by atoms with Gasteiger partial charge in [-0.25, -0.2) is 0 Å². The summed E-state index contributed by atoms with van der Waals surface area (Å²) in [5, 5.41) is 7.87. The molecule has 0 radical (unpaired) electrons. The average molecular weight is 192 g/mol. The largest absolute Gasteiger partial charge is 0.276 e. The van der Waals surface area contributed by atoms with Crippen molar-refractivity contribution < 1.29 is 0 Å². The van der Waals surface area contributed by atoms with Crippen molar-refractivity contribution in [1.82, 2.24) is 19.6 Å². The van der Waals surface area contributed by atoms with Gasteiger partial charge in [-0.05, 0) is 25.0 Å². The maximum absolute atomic E-state index is 3.93. The van der Waals surface area contributed by atoms with Crippen LogP contribution in [0.5, 0.6) is 0 Å². The third-order valence-electron chi connectivity index (χ3n) is 1.67. The van der Waals surface area contributed by atoms with E-state index in [1.54, 1.807) is 9.36 Å². The Bertz CT molecular complexity index is 315. The van der Waals surface area contributed by atoms with Crippen LogP contribution in [-0.4, -0.2) is 19.6 Å². The second kappa shape index (κ2) is 4.60. The number of hydrogen-bond donors (Lipinski definition) is 0. The lowest BCUT2D eigenvalue weighted by Crippen LogP contribution is -1.83. The van der Waals surface area contributed by atoms with Gasteiger partial charge in [-0.2, -0.15) is 10.2 Å². The zero-order chi connectivity index (χ0) is 10.6. The zero-order valence-corrected chi connectivity index (χ0v) is 9.10. The van der Waals surface area contributed by atoms with Crippen molar-refractivity contribution in [2.75, 3.05) is 0 Å². The first-order valence-electron chi connectivity index (χ1n) is 4.48. The average Bonchev–Trinajstić information content (AvgIpc) is 2.63. The molecule has 0 fully saturated rings. The van der Waals surface area contributed by atoms with E-state index in [9.17, 15) is 0 Å². The van der Waals surface area contributed by atoms with E-state index in [1.807, 2.05) is 52.7 Å². The summed E-state index contributed by atoms with van der Waals surface area (Å²) in [4.78, 5) is 0. The van der Waals surface area contributed by atoms with Crippen molar-refractivity contribution in [3.05, 3.63) is 35.9 Å². The molecule has 76 valence electrons. The fraction of sp³-hybridized carbons (Fsp3) is 0.400. The summed E-state index contributed by atoms with van der Waals surface area (Å²) >= 11 is 0. The molecule has 0 aliphatic carbocycles. The van der Waals surface area contributed by atoms with Crippen LogP contribution in [0.25, 0.3) is 0 Å². The SMILES string of the molecule is Cc1cnn(C)c1.Cc1cnn(C)c1. The highest BCUT2D eigenvalue weighted by Gasteiger charge is 1.82. The molecule has 0 unspecified atom stereocenters. The molecule has 2 aromatic rings. The van der Waals surface area contributed by atoms with Gasteiger partial charge in [0.2, 0.25) is 0 Å². The summed E-state index contributed by atoms with van der Waals surface area (Å²) < 4.78 is 3.57. The molecule has 0 bridgehead atoms. The predicted molar refractivity (Wildman–Crippen MR) is 55.9 cm³/mol. The lowest BCUT2D eigenvalue weighted by molar-refractivity contribution is 0.767. The van der Waals surface area contributed by atoms with E-state index in [2.05, 4.69) is 10.2 Å². The quantitative estimate of drug-likeness (QED) is 0.633. The minimum atomic E-state index is 1.21. The van der Waals surface area contributed by atoms with E-state index in [0.717, 1.165) is 0 Å². The first-order chi connectivity index (χ1) is 6.58. The Kier molecular flexibility index (Phi) is 3.45. The van der Waals surface area contributed by atoms with Crippen molar-refractivity contribution >= 4 is 0 Å². The second-order valence-corrected chi connectivity index (χ2v) is 3.38. The van der Waals surface area contributed by atoms with Gasteiger partial charge < -0.3 is 0 Å². The van der Waals surface area contributed by atoms with E-state index in [1.165, 1.54) is 11.1 Å². The van der Waals surface area contributed by atoms with Gasteiger partial charge in [0, 0.05) is 26.5 Å². The van der Waals surface area contributed by atoms with Gasteiger partial charge >= 0.3 is 0 Å². The number of rotatable bonds is 0. The number of aryl methyl sites for hydroxylation is 4. The van der Waals surface area contributed by atoms with Crippen LogP contribution in [0.15, 0.2) is 24.8 Å². The standard InChI is InChI=1S/2C5H8N2/c2*1-5-3-6-7(2)4-5/h2*3-4H,1-2H3. The topological polar surface area (TPSA) is 35.6 Å². The second-order valence-electron chi connectivity index (χ2n) is 3.38. The molecule has 0 aromatic carbocycles. The Morgan fingerprint density at radius 1 is 0.857 bits per heavy atom. The van der Waals surface area contributed by atoms with E-state index in [4.69, 9.17) is 0 Å². The van der Waals surface area contributed by atoms with Crippen molar-refractivity contribution in [2.45, 2.75) is 13.8 Å². The predicted octanol–water partition coefficient (Wildman–Crippen LogP) is 1.46. The van der Waals surface area contributed by atoms with Crippen LogP contribution in [0.4, 0.5) is 0 Å². The Hall–Kier alpha value is -1.58. The van der Waals surface area contributed by atoms with Crippen LogP contribution < -0.4 is 0 Å².